The summed E-state index contributed by atoms with van der Waals surface area (Å²) in [6, 6.07) is 12.3. The number of amides is 2. The zero-order chi connectivity index (χ0) is 20.0. The van der Waals surface area contributed by atoms with E-state index in [1.807, 2.05) is 6.07 Å². The Labute approximate surface area is 154 Å². The average Bonchev–Trinajstić information content (AvgIpc) is 2.64. The van der Waals surface area contributed by atoms with E-state index in [0.717, 1.165) is 24.3 Å². The van der Waals surface area contributed by atoms with Gasteiger partial charge in [-0.1, -0.05) is 6.07 Å². The van der Waals surface area contributed by atoms with Gasteiger partial charge in [-0.25, -0.2) is 0 Å². The van der Waals surface area contributed by atoms with Crippen molar-refractivity contribution in [3.8, 4) is 6.07 Å². The maximum absolute atomic E-state index is 12.5. The Balaban J connectivity index is 1.99. The van der Waals surface area contributed by atoms with E-state index in [4.69, 9.17) is 5.26 Å². The lowest BCUT2D eigenvalue weighted by Gasteiger charge is -2.21. The molecule has 0 aliphatic heterocycles. The molecule has 0 fully saturated rings. The Hall–Kier alpha value is -3.34. The average molecular weight is 375 g/mol. The number of nitrogens with zero attached hydrogens (tertiary/aromatic N) is 2. The molecular weight excluding hydrogens is 359 g/mol. The summed E-state index contributed by atoms with van der Waals surface area (Å²) in [4.78, 5) is 25.3. The van der Waals surface area contributed by atoms with E-state index in [-0.39, 0.29) is 24.6 Å². The second-order valence-electron chi connectivity index (χ2n) is 5.66. The van der Waals surface area contributed by atoms with Crippen LogP contribution >= 0.6 is 0 Å². The van der Waals surface area contributed by atoms with Gasteiger partial charge in [-0.15, -0.1) is 0 Å². The molecule has 0 saturated carbocycles. The smallest absolute Gasteiger partial charge is 0.350 e. The topological polar surface area (TPSA) is 73.2 Å². The lowest BCUT2D eigenvalue weighted by molar-refractivity contribution is -0.137. The first kappa shape index (κ1) is 20.0. The molecule has 0 heterocycles. The van der Waals surface area contributed by atoms with Crippen LogP contribution in [0.5, 0.6) is 0 Å². The van der Waals surface area contributed by atoms with Crippen LogP contribution in [0.25, 0.3) is 0 Å². The van der Waals surface area contributed by atoms with Gasteiger partial charge in [-0.05, 0) is 42.5 Å². The standard InChI is InChI=1S/C19H16F3N3O2/c1-13(26)25(17-4-2-3-14(11-17)12-23)10-9-24-18(27)15-5-7-16(8-6-15)19(20,21)22/h2-8,11H,9-10H2,1H3,(H,24,27). The number of alkyl halides is 3. The highest BCUT2D eigenvalue weighted by Gasteiger charge is 2.30. The molecule has 0 aromatic heterocycles. The normalized spacial score (nSPS) is 10.8. The van der Waals surface area contributed by atoms with Crippen molar-refractivity contribution in [2.75, 3.05) is 18.0 Å². The number of hydrogen-bond acceptors (Lipinski definition) is 3. The largest absolute Gasteiger partial charge is 0.416 e. The third kappa shape index (κ3) is 5.31. The molecule has 0 spiro atoms. The fourth-order valence-electron chi connectivity index (χ4n) is 2.41. The summed E-state index contributed by atoms with van der Waals surface area (Å²) in [7, 11) is 0. The van der Waals surface area contributed by atoms with Crippen molar-refractivity contribution in [2.24, 2.45) is 0 Å². The predicted octanol–water partition coefficient (Wildman–Crippen LogP) is 3.36. The summed E-state index contributed by atoms with van der Waals surface area (Å²) in [6.07, 6.45) is -4.46. The molecule has 0 saturated heterocycles. The number of carbonyl (C=O) groups is 2. The van der Waals surface area contributed by atoms with Crippen LogP contribution in [0.15, 0.2) is 48.5 Å². The van der Waals surface area contributed by atoms with Crippen molar-refractivity contribution >= 4 is 17.5 Å². The van der Waals surface area contributed by atoms with Gasteiger partial charge in [0.15, 0.2) is 0 Å². The number of benzene rings is 2. The molecular formula is C19H16F3N3O2. The molecule has 2 aromatic rings. The van der Waals surface area contributed by atoms with E-state index in [9.17, 15) is 22.8 Å². The fraction of sp³-hybridized carbons (Fsp3) is 0.211. The minimum Gasteiger partial charge on any atom is -0.350 e. The van der Waals surface area contributed by atoms with Gasteiger partial charge in [-0.2, -0.15) is 18.4 Å². The van der Waals surface area contributed by atoms with Crippen molar-refractivity contribution in [3.05, 3.63) is 65.2 Å². The maximum Gasteiger partial charge on any atom is 0.416 e. The molecule has 2 amide bonds. The second-order valence-corrected chi connectivity index (χ2v) is 5.66. The van der Waals surface area contributed by atoms with E-state index < -0.39 is 17.6 Å². The van der Waals surface area contributed by atoms with Gasteiger partial charge < -0.3 is 10.2 Å². The van der Waals surface area contributed by atoms with Crippen molar-refractivity contribution in [3.63, 3.8) is 0 Å². The third-order valence-corrected chi connectivity index (χ3v) is 3.76. The quantitative estimate of drug-likeness (QED) is 0.871. The van der Waals surface area contributed by atoms with Crippen LogP contribution in [0.4, 0.5) is 18.9 Å². The Morgan fingerprint density at radius 2 is 1.81 bits per heavy atom. The third-order valence-electron chi connectivity index (χ3n) is 3.76. The van der Waals surface area contributed by atoms with Crippen LogP contribution in [0.2, 0.25) is 0 Å². The molecule has 5 nitrogen and oxygen atoms in total. The van der Waals surface area contributed by atoms with Crippen molar-refractivity contribution < 1.29 is 22.8 Å². The molecule has 0 unspecified atom stereocenters. The number of carbonyl (C=O) groups excluding carboxylic acids is 2. The van der Waals surface area contributed by atoms with Crippen LogP contribution < -0.4 is 10.2 Å². The summed E-state index contributed by atoms with van der Waals surface area (Å²) in [5.41, 5.74) is 0.168. The van der Waals surface area contributed by atoms with E-state index in [1.165, 1.54) is 11.8 Å². The number of hydrogen-bond donors (Lipinski definition) is 1. The summed E-state index contributed by atoms with van der Waals surface area (Å²) in [6.45, 7) is 1.60. The van der Waals surface area contributed by atoms with Gasteiger partial charge in [0.1, 0.15) is 0 Å². The van der Waals surface area contributed by atoms with Gasteiger partial charge in [0.05, 0.1) is 17.2 Å². The Kier molecular flexibility index (Phi) is 6.19. The summed E-state index contributed by atoms with van der Waals surface area (Å²) < 4.78 is 37.6. The van der Waals surface area contributed by atoms with E-state index in [0.29, 0.717) is 11.3 Å². The monoisotopic (exact) mass is 375 g/mol. The molecule has 0 radical (unpaired) electrons. The molecule has 0 bridgehead atoms. The number of halogens is 3. The fourth-order valence-corrected chi connectivity index (χ4v) is 2.41. The molecule has 27 heavy (non-hydrogen) atoms. The van der Waals surface area contributed by atoms with Gasteiger partial charge in [-0.3, -0.25) is 9.59 Å². The van der Waals surface area contributed by atoms with Crippen molar-refractivity contribution in [1.82, 2.24) is 5.32 Å². The van der Waals surface area contributed by atoms with E-state index >= 15 is 0 Å². The minimum atomic E-state index is -4.46. The van der Waals surface area contributed by atoms with E-state index in [1.54, 1.807) is 24.3 Å². The minimum absolute atomic E-state index is 0.0869. The summed E-state index contributed by atoms with van der Waals surface area (Å²) in [5, 5.41) is 11.5. The van der Waals surface area contributed by atoms with Gasteiger partial charge in [0.2, 0.25) is 5.91 Å². The van der Waals surface area contributed by atoms with Crippen LogP contribution in [0.3, 0.4) is 0 Å². The summed E-state index contributed by atoms with van der Waals surface area (Å²) in [5.74, 6) is -0.813. The number of nitriles is 1. The van der Waals surface area contributed by atoms with Crippen LogP contribution in [-0.4, -0.2) is 24.9 Å². The molecule has 1 N–H and O–H groups in total. The Morgan fingerprint density at radius 1 is 1.15 bits per heavy atom. The van der Waals surface area contributed by atoms with Crippen molar-refractivity contribution in [2.45, 2.75) is 13.1 Å². The lowest BCUT2D eigenvalue weighted by atomic mass is 10.1. The van der Waals surface area contributed by atoms with Gasteiger partial charge in [0, 0.05) is 31.3 Å². The number of anilines is 1. The molecule has 140 valence electrons. The Morgan fingerprint density at radius 3 is 2.37 bits per heavy atom. The highest BCUT2D eigenvalue weighted by atomic mass is 19.4. The zero-order valence-corrected chi connectivity index (χ0v) is 14.4. The van der Waals surface area contributed by atoms with Gasteiger partial charge >= 0.3 is 6.18 Å². The number of nitrogens with one attached hydrogen (secondary N) is 1. The van der Waals surface area contributed by atoms with Crippen LogP contribution in [-0.2, 0) is 11.0 Å². The van der Waals surface area contributed by atoms with E-state index in [2.05, 4.69) is 5.32 Å². The number of rotatable bonds is 5. The molecule has 0 atom stereocenters. The molecule has 2 rings (SSSR count). The van der Waals surface area contributed by atoms with Crippen LogP contribution in [0, 0.1) is 11.3 Å². The summed E-state index contributed by atoms with van der Waals surface area (Å²) >= 11 is 0. The predicted molar refractivity (Wildman–Crippen MR) is 93.0 cm³/mol. The highest BCUT2D eigenvalue weighted by Crippen LogP contribution is 2.29. The van der Waals surface area contributed by atoms with Gasteiger partial charge in [0.25, 0.3) is 5.91 Å². The lowest BCUT2D eigenvalue weighted by Crippen LogP contribution is -2.37. The highest BCUT2D eigenvalue weighted by molar-refractivity contribution is 5.94. The second kappa shape index (κ2) is 8.36. The first-order chi connectivity index (χ1) is 12.7. The SMILES string of the molecule is CC(=O)N(CCNC(=O)c1ccc(C(F)(F)F)cc1)c1cccc(C#N)c1. The molecule has 2 aromatic carbocycles. The van der Waals surface area contributed by atoms with Crippen molar-refractivity contribution in [1.29, 1.82) is 5.26 Å². The first-order valence-electron chi connectivity index (χ1n) is 7.96. The molecule has 8 heteroatoms. The first-order valence-corrected chi connectivity index (χ1v) is 7.96. The maximum atomic E-state index is 12.5. The molecule has 0 aliphatic carbocycles. The Bertz CT molecular complexity index is 871. The van der Waals surface area contributed by atoms with Crippen LogP contribution in [0.1, 0.15) is 28.4 Å². The molecule has 0 aliphatic rings. The zero-order valence-electron chi connectivity index (χ0n) is 14.4.